The van der Waals surface area contributed by atoms with Crippen LogP contribution >= 0.6 is 11.3 Å². The smallest absolute Gasteiger partial charge is 0.276 e. The van der Waals surface area contributed by atoms with Gasteiger partial charge in [0.2, 0.25) is 0 Å². The molecule has 0 aliphatic heterocycles. The fourth-order valence-electron chi connectivity index (χ4n) is 2.66. The van der Waals surface area contributed by atoms with Crippen LogP contribution in [-0.2, 0) is 10.0 Å². The van der Waals surface area contributed by atoms with Crippen LogP contribution in [0.4, 0.5) is 0 Å². The molecule has 4 rings (SSSR count). The normalized spacial score (nSPS) is 12.0. The third kappa shape index (κ3) is 3.49. The molecule has 8 heteroatoms. The molecule has 0 unspecified atom stereocenters. The second-order valence-corrected chi connectivity index (χ2v) is 8.47. The standard InChI is InChI=1S/C19H16N4O2S2/c1-14-7-9-16(10-8-14)27(24,25)22-20-13-17-18(15-5-3-2-4-6-15)21-19-23(17)11-12-26-19/h2-13,22H,1H3/b20-13+. The van der Waals surface area contributed by atoms with Crippen LogP contribution in [0.5, 0.6) is 0 Å². The summed E-state index contributed by atoms with van der Waals surface area (Å²) in [5, 5.41) is 5.90. The molecule has 1 N–H and O–H groups in total. The zero-order chi connectivity index (χ0) is 18.9. The Morgan fingerprint density at radius 3 is 2.59 bits per heavy atom. The van der Waals surface area contributed by atoms with Crippen LogP contribution in [0.2, 0.25) is 0 Å². The third-order valence-corrected chi connectivity index (χ3v) is 6.03. The molecule has 4 aromatic rings. The molecular formula is C19H16N4O2S2. The summed E-state index contributed by atoms with van der Waals surface area (Å²) in [5.41, 5.74) is 3.39. The van der Waals surface area contributed by atoms with Gasteiger partial charge in [-0.3, -0.25) is 4.40 Å². The lowest BCUT2D eigenvalue weighted by atomic mass is 10.1. The van der Waals surface area contributed by atoms with Crippen LogP contribution in [0.1, 0.15) is 11.3 Å². The van der Waals surface area contributed by atoms with Gasteiger partial charge in [0.1, 0.15) is 0 Å². The average Bonchev–Trinajstić information content (AvgIpc) is 3.25. The lowest BCUT2D eigenvalue weighted by Gasteiger charge is -2.04. The summed E-state index contributed by atoms with van der Waals surface area (Å²) in [6.07, 6.45) is 3.37. The minimum atomic E-state index is -3.72. The number of sulfonamides is 1. The number of rotatable bonds is 5. The Balaban J connectivity index is 1.67. The Morgan fingerprint density at radius 2 is 1.85 bits per heavy atom. The summed E-state index contributed by atoms with van der Waals surface area (Å²) in [4.78, 5) is 7.90. The van der Waals surface area contributed by atoms with Crippen molar-refractivity contribution in [3.8, 4) is 11.3 Å². The SMILES string of the molecule is Cc1ccc(S(=O)(=O)N/N=C/c2c(-c3ccccc3)nc3sccn23)cc1. The number of thiazole rings is 1. The van der Waals surface area contributed by atoms with Crippen LogP contribution < -0.4 is 4.83 Å². The maximum absolute atomic E-state index is 12.4. The minimum absolute atomic E-state index is 0.169. The highest BCUT2D eigenvalue weighted by atomic mass is 32.2. The van der Waals surface area contributed by atoms with Gasteiger partial charge >= 0.3 is 0 Å². The van der Waals surface area contributed by atoms with Crippen molar-refractivity contribution in [1.29, 1.82) is 0 Å². The van der Waals surface area contributed by atoms with E-state index in [2.05, 4.69) is 14.9 Å². The minimum Gasteiger partial charge on any atom is -0.289 e. The lowest BCUT2D eigenvalue weighted by molar-refractivity contribution is 0.584. The van der Waals surface area contributed by atoms with Crippen molar-refractivity contribution >= 4 is 32.5 Å². The summed E-state index contributed by atoms with van der Waals surface area (Å²) in [6.45, 7) is 1.90. The van der Waals surface area contributed by atoms with Crippen molar-refractivity contribution < 1.29 is 8.42 Å². The van der Waals surface area contributed by atoms with Gasteiger partial charge in [0.05, 0.1) is 22.5 Å². The molecule has 27 heavy (non-hydrogen) atoms. The van der Waals surface area contributed by atoms with Gasteiger partial charge in [-0.1, -0.05) is 48.0 Å². The topological polar surface area (TPSA) is 75.8 Å². The maximum atomic E-state index is 12.4. The number of fused-ring (bicyclic) bond motifs is 1. The van der Waals surface area contributed by atoms with Gasteiger partial charge in [0.25, 0.3) is 10.0 Å². The maximum Gasteiger partial charge on any atom is 0.276 e. The van der Waals surface area contributed by atoms with Crippen molar-refractivity contribution in [3.05, 3.63) is 77.4 Å². The van der Waals surface area contributed by atoms with E-state index in [1.807, 2.05) is 53.2 Å². The van der Waals surface area contributed by atoms with Gasteiger partial charge in [-0.25, -0.2) is 9.82 Å². The van der Waals surface area contributed by atoms with E-state index in [1.54, 1.807) is 24.3 Å². The molecule has 0 atom stereocenters. The number of imidazole rings is 1. The first-order chi connectivity index (χ1) is 13.0. The summed E-state index contributed by atoms with van der Waals surface area (Å²) in [5.74, 6) is 0. The van der Waals surface area contributed by atoms with Crippen LogP contribution in [0.3, 0.4) is 0 Å². The number of hydrazone groups is 1. The molecule has 6 nitrogen and oxygen atoms in total. The summed E-state index contributed by atoms with van der Waals surface area (Å²) in [7, 11) is -3.72. The summed E-state index contributed by atoms with van der Waals surface area (Å²) >= 11 is 1.51. The van der Waals surface area contributed by atoms with Crippen LogP contribution in [0.15, 0.2) is 76.2 Å². The molecular weight excluding hydrogens is 380 g/mol. The molecule has 0 saturated heterocycles. The molecule has 0 fully saturated rings. The quantitative estimate of drug-likeness (QED) is 0.413. The first-order valence-corrected chi connectivity index (χ1v) is 10.5. The second kappa shape index (κ2) is 6.98. The number of hydrogen-bond acceptors (Lipinski definition) is 5. The van der Waals surface area contributed by atoms with Crippen LogP contribution in [0.25, 0.3) is 16.2 Å². The Hall–Kier alpha value is -2.97. The highest BCUT2D eigenvalue weighted by Gasteiger charge is 2.15. The van der Waals surface area contributed by atoms with Crippen molar-refractivity contribution in [2.75, 3.05) is 0 Å². The van der Waals surface area contributed by atoms with E-state index < -0.39 is 10.0 Å². The van der Waals surface area contributed by atoms with E-state index in [0.717, 1.165) is 21.8 Å². The third-order valence-electron chi connectivity index (χ3n) is 4.04. The van der Waals surface area contributed by atoms with Gasteiger partial charge in [-0.15, -0.1) is 11.3 Å². The molecule has 2 heterocycles. The first-order valence-electron chi connectivity index (χ1n) is 8.17. The highest BCUT2D eigenvalue weighted by Crippen LogP contribution is 2.25. The largest absolute Gasteiger partial charge is 0.289 e. The van der Waals surface area contributed by atoms with Crippen LogP contribution in [0, 0.1) is 6.92 Å². The molecule has 2 aromatic heterocycles. The van der Waals surface area contributed by atoms with E-state index >= 15 is 0 Å². The van der Waals surface area contributed by atoms with E-state index in [4.69, 9.17) is 0 Å². The van der Waals surface area contributed by atoms with Gasteiger partial charge in [-0.05, 0) is 19.1 Å². The van der Waals surface area contributed by atoms with Gasteiger partial charge in [0, 0.05) is 17.1 Å². The Kier molecular flexibility index (Phi) is 4.51. The molecule has 2 aromatic carbocycles. The van der Waals surface area contributed by atoms with E-state index in [1.165, 1.54) is 17.6 Å². The lowest BCUT2D eigenvalue weighted by Crippen LogP contribution is -2.18. The van der Waals surface area contributed by atoms with E-state index in [-0.39, 0.29) is 4.90 Å². The molecule has 0 saturated carbocycles. The van der Waals surface area contributed by atoms with E-state index in [9.17, 15) is 8.42 Å². The van der Waals surface area contributed by atoms with Crippen molar-refractivity contribution in [2.24, 2.45) is 5.10 Å². The number of benzene rings is 2. The van der Waals surface area contributed by atoms with Gasteiger partial charge in [0.15, 0.2) is 4.96 Å². The Labute approximate surface area is 160 Å². The number of nitrogens with one attached hydrogen (secondary N) is 1. The molecule has 0 aliphatic rings. The highest BCUT2D eigenvalue weighted by molar-refractivity contribution is 7.89. The van der Waals surface area contributed by atoms with Crippen molar-refractivity contribution in [2.45, 2.75) is 11.8 Å². The predicted molar refractivity (Wildman–Crippen MR) is 108 cm³/mol. The molecule has 0 radical (unpaired) electrons. The van der Waals surface area contributed by atoms with Gasteiger partial charge < -0.3 is 0 Å². The summed E-state index contributed by atoms with van der Waals surface area (Å²) < 4.78 is 26.7. The molecule has 0 spiro atoms. The number of aryl methyl sites for hydroxylation is 1. The van der Waals surface area contributed by atoms with Gasteiger partial charge in [-0.2, -0.15) is 13.5 Å². The fourth-order valence-corrected chi connectivity index (χ4v) is 4.17. The monoisotopic (exact) mass is 396 g/mol. The Bertz CT molecular complexity index is 1210. The Morgan fingerprint density at radius 1 is 1.11 bits per heavy atom. The second-order valence-electron chi connectivity index (χ2n) is 5.93. The fraction of sp³-hybridized carbons (Fsp3) is 0.0526. The van der Waals surface area contributed by atoms with Crippen molar-refractivity contribution in [1.82, 2.24) is 14.2 Å². The first kappa shape index (κ1) is 17.4. The van der Waals surface area contributed by atoms with Crippen molar-refractivity contribution in [3.63, 3.8) is 0 Å². The molecule has 0 aliphatic carbocycles. The number of nitrogens with zero attached hydrogens (tertiary/aromatic N) is 3. The average molecular weight is 396 g/mol. The summed E-state index contributed by atoms with van der Waals surface area (Å²) in [6, 6.07) is 16.3. The number of aromatic nitrogens is 2. The molecule has 0 bridgehead atoms. The predicted octanol–water partition coefficient (Wildman–Crippen LogP) is 3.68. The number of hydrogen-bond donors (Lipinski definition) is 1. The van der Waals surface area contributed by atoms with Crippen LogP contribution in [-0.4, -0.2) is 24.0 Å². The van der Waals surface area contributed by atoms with E-state index in [0.29, 0.717) is 5.69 Å². The molecule has 0 amide bonds. The zero-order valence-electron chi connectivity index (χ0n) is 14.4. The zero-order valence-corrected chi connectivity index (χ0v) is 16.0. The molecule has 136 valence electrons.